The lowest BCUT2D eigenvalue weighted by molar-refractivity contribution is 0.219. The molecule has 0 aliphatic heterocycles. The Bertz CT molecular complexity index is 672. The number of nitrogens with zero attached hydrogens (tertiary/aromatic N) is 4. The minimum Gasteiger partial charge on any atom is -0.461 e. The summed E-state index contributed by atoms with van der Waals surface area (Å²) >= 11 is 1.08. The lowest BCUT2D eigenvalue weighted by atomic mass is 10.5. The lowest BCUT2D eigenvalue weighted by Gasteiger charge is -2.08. The molecule has 0 bridgehead atoms. The Kier molecular flexibility index (Phi) is 4.18. The highest BCUT2D eigenvalue weighted by Gasteiger charge is 2.10. The van der Waals surface area contributed by atoms with Gasteiger partial charge in [0.25, 0.3) is 5.56 Å². The van der Waals surface area contributed by atoms with Crippen LogP contribution in [-0.2, 0) is 0 Å². The van der Waals surface area contributed by atoms with Crippen molar-refractivity contribution in [2.24, 2.45) is 0 Å². The maximum Gasteiger partial charge on any atom is 0.322 e. The monoisotopic (exact) mass is 294 g/mol. The molecular formula is C11H14N6O2S. The normalized spacial score (nSPS) is 10.8. The van der Waals surface area contributed by atoms with Crippen molar-refractivity contribution in [2.45, 2.75) is 37.2 Å². The van der Waals surface area contributed by atoms with Crippen LogP contribution in [0.4, 0.5) is 5.95 Å². The van der Waals surface area contributed by atoms with E-state index in [1.54, 1.807) is 6.92 Å². The number of nitrogens with one attached hydrogen (secondary N) is 1. The maximum atomic E-state index is 11.4. The van der Waals surface area contributed by atoms with E-state index in [0.29, 0.717) is 16.0 Å². The molecule has 0 amide bonds. The average Bonchev–Trinajstić information content (AvgIpc) is 2.24. The fourth-order valence-electron chi connectivity index (χ4n) is 1.35. The van der Waals surface area contributed by atoms with Gasteiger partial charge < -0.3 is 15.5 Å². The smallest absolute Gasteiger partial charge is 0.322 e. The first-order valence-electron chi connectivity index (χ1n) is 5.86. The number of aryl methyl sites for hydroxylation is 1. The zero-order valence-corrected chi connectivity index (χ0v) is 12.1. The molecule has 8 nitrogen and oxygen atoms in total. The number of anilines is 1. The van der Waals surface area contributed by atoms with Crippen LogP contribution in [0.1, 0.15) is 19.5 Å². The van der Waals surface area contributed by atoms with E-state index in [4.69, 9.17) is 10.5 Å². The van der Waals surface area contributed by atoms with Crippen LogP contribution in [0.3, 0.4) is 0 Å². The molecule has 9 heteroatoms. The maximum absolute atomic E-state index is 11.4. The lowest BCUT2D eigenvalue weighted by Crippen LogP contribution is -2.11. The zero-order valence-electron chi connectivity index (χ0n) is 11.2. The van der Waals surface area contributed by atoms with Crippen molar-refractivity contribution in [1.29, 1.82) is 0 Å². The second kappa shape index (κ2) is 5.87. The van der Waals surface area contributed by atoms with E-state index < -0.39 is 0 Å². The summed E-state index contributed by atoms with van der Waals surface area (Å²) in [5.74, 6) is 0.0492. The molecule has 0 atom stereocenters. The van der Waals surface area contributed by atoms with E-state index in [1.807, 2.05) is 13.8 Å². The molecule has 0 spiro atoms. The van der Waals surface area contributed by atoms with E-state index in [-0.39, 0.29) is 23.6 Å². The van der Waals surface area contributed by atoms with Gasteiger partial charge in [-0.3, -0.25) is 4.79 Å². The molecule has 2 rings (SSSR count). The van der Waals surface area contributed by atoms with Gasteiger partial charge in [-0.2, -0.15) is 15.0 Å². The molecule has 106 valence electrons. The summed E-state index contributed by atoms with van der Waals surface area (Å²) in [6, 6.07) is 1.55. The Labute approximate surface area is 119 Å². The number of ether oxygens (including phenoxy) is 1. The van der Waals surface area contributed by atoms with Gasteiger partial charge in [-0.1, -0.05) is 0 Å². The molecule has 0 radical (unpaired) electrons. The molecule has 2 heterocycles. The van der Waals surface area contributed by atoms with Crippen molar-refractivity contribution in [3.63, 3.8) is 0 Å². The second-order valence-electron chi connectivity index (χ2n) is 4.22. The molecule has 2 aromatic heterocycles. The summed E-state index contributed by atoms with van der Waals surface area (Å²) in [6.07, 6.45) is -0.0773. The third-order valence-corrected chi connectivity index (χ3v) is 2.74. The third kappa shape index (κ3) is 3.92. The topological polar surface area (TPSA) is 120 Å². The highest BCUT2D eigenvalue weighted by atomic mass is 32.2. The number of hydrogen-bond acceptors (Lipinski definition) is 8. The quantitative estimate of drug-likeness (QED) is 0.794. The van der Waals surface area contributed by atoms with Crippen LogP contribution in [0.2, 0.25) is 0 Å². The Morgan fingerprint density at radius 2 is 2.05 bits per heavy atom. The summed E-state index contributed by atoms with van der Waals surface area (Å²) in [5, 5.41) is 0.693. The van der Waals surface area contributed by atoms with Gasteiger partial charge in [0, 0.05) is 11.8 Å². The van der Waals surface area contributed by atoms with Gasteiger partial charge in [-0.05, 0) is 32.5 Å². The number of nitrogen functional groups attached to an aromatic ring is 1. The number of aromatic amines is 1. The predicted molar refractivity (Wildman–Crippen MR) is 73.7 cm³/mol. The first kappa shape index (κ1) is 14.3. The molecule has 20 heavy (non-hydrogen) atoms. The standard InChI is InChI=1S/C11H14N6O2S/c1-5(2)19-9-15-8(12)16-11(17-9)20-10-13-6(3)4-7(18)14-10/h4-5H,1-3H3,(H,13,14,18)(H2,12,15,16,17). The highest BCUT2D eigenvalue weighted by Crippen LogP contribution is 2.22. The summed E-state index contributed by atoms with van der Waals surface area (Å²) in [4.78, 5) is 30.1. The Hall–Kier alpha value is -2.16. The van der Waals surface area contributed by atoms with Gasteiger partial charge >= 0.3 is 6.01 Å². The molecule has 0 saturated carbocycles. The average molecular weight is 294 g/mol. The summed E-state index contributed by atoms with van der Waals surface area (Å²) in [5.41, 5.74) is 5.97. The van der Waals surface area contributed by atoms with Crippen molar-refractivity contribution in [3.05, 3.63) is 22.1 Å². The summed E-state index contributed by atoms with van der Waals surface area (Å²) in [7, 11) is 0. The van der Waals surface area contributed by atoms with Gasteiger partial charge in [0.1, 0.15) is 0 Å². The molecule has 2 aromatic rings. The molecule has 0 fully saturated rings. The fraction of sp³-hybridized carbons (Fsp3) is 0.364. The van der Waals surface area contributed by atoms with E-state index in [2.05, 4.69) is 24.9 Å². The first-order valence-corrected chi connectivity index (χ1v) is 6.68. The van der Waals surface area contributed by atoms with Gasteiger partial charge in [0.05, 0.1) is 6.10 Å². The van der Waals surface area contributed by atoms with Gasteiger partial charge in [0.15, 0.2) is 5.16 Å². The predicted octanol–water partition coefficient (Wildman–Crippen LogP) is 0.784. The van der Waals surface area contributed by atoms with Crippen LogP contribution in [-0.4, -0.2) is 31.0 Å². The van der Waals surface area contributed by atoms with Crippen molar-refractivity contribution in [2.75, 3.05) is 5.73 Å². The van der Waals surface area contributed by atoms with Crippen LogP contribution in [0.15, 0.2) is 21.2 Å². The minimum absolute atomic E-state index is 0.0492. The van der Waals surface area contributed by atoms with E-state index in [0.717, 1.165) is 11.8 Å². The van der Waals surface area contributed by atoms with Crippen LogP contribution >= 0.6 is 11.8 Å². The number of rotatable bonds is 4. The Balaban J connectivity index is 2.28. The van der Waals surface area contributed by atoms with Crippen LogP contribution < -0.4 is 16.0 Å². The van der Waals surface area contributed by atoms with Crippen LogP contribution in [0.5, 0.6) is 6.01 Å². The Morgan fingerprint density at radius 3 is 2.70 bits per heavy atom. The van der Waals surface area contributed by atoms with E-state index in [9.17, 15) is 4.79 Å². The first-order chi connectivity index (χ1) is 9.42. The molecule has 0 aliphatic carbocycles. The van der Waals surface area contributed by atoms with Gasteiger partial charge in [-0.15, -0.1) is 0 Å². The molecule has 3 N–H and O–H groups in total. The molecule has 0 aromatic carbocycles. The minimum atomic E-state index is -0.235. The van der Waals surface area contributed by atoms with Crippen molar-refractivity contribution in [3.8, 4) is 6.01 Å². The number of H-pyrrole nitrogens is 1. The third-order valence-electron chi connectivity index (χ3n) is 1.99. The largest absolute Gasteiger partial charge is 0.461 e. The fourth-order valence-corrected chi connectivity index (χ4v) is 2.13. The van der Waals surface area contributed by atoms with Gasteiger partial charge in [-0.25, -0.2) is 4.98 Å². The summed E-state index contributed by atoms with van der Waals surface area (Å²) in [6.45, 7) is 5.44. The second-order valence-corrected chi connectivity index (χ2v) is 5.18. The SMILES string of the molecule is Cc1cc(=O)[nH]c(Sc2nc(N)nc(OC(C)C)n2)n1. The van der Waals surface area contributed by atoms with Crippen LogP contribution in [0, 0.1) is 6.92 Å². The summed E-state index contributed by atoms with van der Waals surface area (Å²) < 4.78 is 5.37. The van der Waals surface area contributed by atoms with Crippen molar-refractivity contribution >= 4 is 17.7 Å². The van der Waals surface area contributed by atoms with Crippen LogP contribution in [0.25, 0.3) is 0 Å². The number of hydrogen-bond donors (Lipinski definition) is 2. The zero-order chi connectivity index (χ0) is 14.7. The molecule has 0 aliphatic rings. The van der Waals surface area contributed by atoms with Crippen molar-refractivity contribution < 1.29 is 4.74 Å². The number of nitrogens with two attached hydrogens (primary N) is 1. The molecule has 0 unspecified atom stereocenters. The van der Waals surface area contributed by atoms with E-state index in [1.165, 1.54) is 6.07 Å². The van der Waals surface area contributed by atoms with Crippen molar-refractivity contribution in [1.82, 2.24) is 24.9 Å². The number of aromatic nitrogens is 5. The molecule has 0 saturated heterocycles. The Morgan fingerprint density at radius 1 is 1.30 bits per heavy atom. The molecular weight excluding hydrogens is 280 g/mol. The van der Waals surface area contributed by atoms with E-state index >= 15 is 0 Å². The van der Waals surface area contributed by atoms with Gasteiger partial charge in [0.2, 0.25) is 11.1 Å². The highest BCUT2D eigenvalue weighted by molar-refractivity contribution is 7.99.